The first-order chi connectivity index (χ1) is 9.85. The van der Waals surface area contributed by atoms with Crippen molar-refractivity contribution in [1.82, 2.24) is 10.2 Å². The first-order valence-electron chi connectivity index (χ1n) is 7.51. The molecule has 1 saturated carbocycles. The fourth-order valence-corrected chi connectivity index (χ4v) is 3.27. The molecule has 1 aliphatic heterocycles. The average molecular weight is 276 g/mol. The molecule has 1 aromatic carbocycles. The molecule has 0 aromatic heterocycles. The molecule has 0 bridgehead atoms. The number of methoxy groups -OCH3 is 2. The topological polar surface area (TPSA) is 33.7 Å². The minimum absolute atomic E-state index is 0.474. The van der Waals surface area contributed by atoms with E-state index in [0.717, 1.165) is 43.6 Å². The van der Waals surface area contributed by atoms with E-state index in [1.54, 1.807) is 14.2 Å². The van der Waals surface area contributed by atoms with Gasteiger partial charge in [0.05, 0.1) is 14.2 Å². The Hall–Kier alpha value is -1.26. The molecule has 3 rings (SSSR count). The Morgan fingerprint density at radius 3 is 2.50 bits per heavy atom. The van der Waals surface area contributed by atoms with Crippen LogP contribution in [0.4, 0.5) is 0 Å². The van der Waals surface area contributed by atoms with Crippen LogP contribution in [0, 0.1) is 5.92 Å². The van der Waals surface area contributed by atoms with E-state index in [0.29, 0.717) is 6.04 Å². The summed E-state index contributed by atoms with van der Waals surface area (Å²) in [5, 5.41) is 3.43. The zero-order valence-corrected chi connectivity index (χ0v) is 12.4. The van der Waals surface area contributed by atoms with Crippen LogP contribution in [-0.2, 0) is 0 Å². The molecule has 0 spiro atoms. The molecule has 20 heavy (non-hydrogen) atoms. The highest BCUT2D eigenvalue weighted by molar-refractivity contribution is 5.48. The lowest BCUT2D eigenvalue weighted by atomic mass is 9.98. The summed E-state index contributed by atoms with van der Waals surface area (Å²) in [6.45, 7) is 4.38. The van der Waals surface area contributed by atoms with Gasteiger partial charge in [-0.05, 0) is 24.8 Å². The molecule has 0 radical (unpaired) electrons. The second-order valence-electron chi connectivity index (χ2n) is 5.65. The lowest BCUT2D eigenvalue weighted by Crippen LogP contribution is -2.45. The van der Waals surface area contributed by atoms with E-state index >= 15 is 0 Å². The Morgan fingerprint density at radius 1 is 1.15 bits per heavy atom. The molecule has 2 fully saturated rings. The van der Waals surface area contributed by atoms with Crippen LogP contribution in [-0.4, -0.2) is 45.3 Å². The molecule has 1 heterocycles. The third-order valence-electron chi connectivity index (χ3n) is 4.37. The van der Waals surface area contributed by atoms with Crippen molar-refractivity contribution in [2.24, 2.45) is 5.92 Å². The van der Waals surface area contributed by atoms with Crippen molar-refractivity contribution in [1.29, 1.82) is 0 Å². The number of para-hydroxylation sites is 1. The van der Waals surface area contributed by atoms with E-state index in [-0.39, 0.29) is 0 Å². The summed E-state index contributed by atoms with van der Waals surface area (Å²) < 4.78 is 11.1. The predicted molar refractivity (Wildman–Crippen MR) is 79.5 cm³/mol. The van der Waals surface area contributed by atoms with Gasteiger partial charge in [-0.15, -0.1) is 0 Å². The minimum atomic E-state index is 0.474. The van der Waals surface area contributed by atoms with Crippen LogP contribution in [0.15, 0.2) is 18.2 Å². The monoisotopic (exact) mass is 276 g/mol. The van der Waals surface area contributed by atoms with Crippen molar-refractivity contribution < 1.29 is 9.47 Å². The third-order valence-corrected chi connectivity index (χ3v) is 4.37. The second kappa shape index (κ2) is 6.02. The molecule has 1 N–H and O–H groups in total. The van der Waals surface area contributed by atoms with E-state index in [9.17, 15) is 0 Å². The van der Waals surface area contributed by atoms with Crippen molar-refractivity contribution in [2.45, 2.75) is 18.9 Å². The van der Waals surface area contributed by atoms with Crippen LogP contribution in [0.3, 0.4) is 0 Å². The van der Waals surface area contributed by atoms with Gasteiger partial charge in [-0.1, -0.05) is 12.1 Å². The summed E-state index contributed by atoms with van der Waals surface area (Å²) in [7, 11) is 3.45. The number of rotatable bonds is 5. The summed E-state index contributed by atoms with van der Waals surface area (Å²) in [6, 6.07) is 6.73. The van der Waals surface area contributed by atoms with Gasteiger partial charge in [0.2, 0.25) is 0 Å². The molecular weight excluding hydrogens is 252 g/mol. The number of hydrogen-bond acceptors (Lipinski definition) is 4. The molecule has 1 aromatic rings. The molecule has 4 heteroatoms. The molecule has 2 aliphatic rings. The molecular formula is C16H24N2O2. The molecule has 1 aliphatic carbocycles. The first-order valence-corrected chi connectivity index (χ1v) is 7.51. The molecule has 1 saturated heterocycles. The van der Waals surface area contributed by atoms with Gasteiger partial charge in [-0.3, -0.25) is 4.90 Å². The maximum absolute atomic E-state index is 5.65. The zero-order chi connectivity index (χ0) is 13.9. The van der Waals surface area contributed by atoms with Crippen LogP contribution in [0.25, 0.3) is 0 Å². The first kappa shape index (κ1) is 13.7. The number of piperazine rings is 1. The van der Waals surface area contributed by atoms with Crippen LogP contribution in [0.2, 0.25) is 0 Å². The van der Waals surface area contributed by atoms with Crippen molar-refractivity contribution in [3.05, 3.63) is 23.8 Å². The van der Waals surface area contributed by atoms with Crippen LogP contribution in [0.1, 0.15) is 24.4 Å². The maximum Gasteiger partial charge on any atom is 0.165 e. The predicted octanol–water partition coefficient (Wildman–Crippen LogP) is 2.06. The third kappa shape index (κ3) is 2.63. The molecule has 1 atom stereocenters. The lowest BCUT2D eigenvalue weighted by Gasteiger charge is -2.36. The number of nitrogens with one attached hydrogen (secondary N) is 1. The van der Waals surface area contributed by atoms with Gasteiger partial charge in [0.15, 0.2) is 11.5 Å². The van der Waals surface area contributed by atoms with E-state index in [1.165, 1.54) is 18.4 Å². The Kier molecular flexibility index (Phi) is 4.13. The van der Waals surface area contributed by atoms with E-state index in [2.05, 4.69) is 22.3 Å². The van der Waals surface area contributed by atoms with Gasteiger partial charge in [-0.2, -0.15) is 0 Å². The van der Waals surface area contributed by atoms with E-state index < -0.39 is 0 Å². The number of nitrogens with zero attached hydrogens (tertiary/aromatic N) is 1. The van der Waals surface area contributed by atoms with Crippen molar-refractivity contribution in [3.8, 4) is 11.5 Å². The second-order valence-corrected chi connectivity index (χ2v) is 5.65. The molecule has 0 unspecified atom stereocenters. The highest BCUT2D eigenvalue weighted by Crippen LogP contribution is 2.48. The summed E-state index contributed by atoms with van der Waals surface area (Å²) in [4.78, 5) is 2.60. The lowest BCUT2D eigenvalue weighted by molar-refractivity contribution is 0.153. The van der Waals surface area contributed by atoms with Gasteiger partial charge in [-0.25, -0.2) is 0 Å². The van der Waals surface area contributed by atoms with Crippen molar-refractivity contribution in [2.75, 3.05) is 40.4 Å². The van der Waals surface area contributed by atoms with Gasteiger partial charge in [0, 0.05) is 37.8 Å². The number of benzene rings is 1. The SMILES string of the molecule is COc1cccc([C@@H](C2CC2)N2CCNCC2)c1OC. The van der Waals surface area contributed by atoms with Crippen LogP contribution < -0.4 is 14.8 Å². The molecule has 4 nitrogen and oxygen atoms in total. The minimum Gasteiger partial charge on any atom is -0.493 e. The fourth-order valence-electron chi connectivity index (χ4n) is 3.27. The zero-order valence-electron chi connectivity index (χ0n) is 12.4. The summed E-state index contributed by atoms with van der Waals surface area (Å²) in [5.41, 5.74) is 1.29. The highest BCUT2D eigenvalue weighted by Gasteiger charge is 2.38. The highest BCUT2D eigenvalue weighted by atomic mass is 16.5. The van der Waals surface area contributed by atoms with Gasteiger partial charge in [0.1, 0.15) is 0 Å². The van der Waals surface area contributed by atoms with Gasteiger partial charge >= 0.3 is 0 Å². The molecule has 110 valence electrons. The Balaban J connectivity index is 1.94. The smallest absolute Gasteiger partial charge is 0.165 e. The normalized spacial score (nSPS) is 21.5. The number of hydrogen-bond donors (Lipinski definition) is 1. The maximum atomic E-state index is 5.65. The van der Waals surface area contributed by atoms with Crippen LogP contribution in [0.5, 0.6) is 11.5 Å². The van der Waals surface area contributed by atoms with Crippen LogP contribution >= 0.6 is 0 Å². The largest absolute Gasteiger partial charge is 0.493 e. The molecule has 0 amide bonds. The van der Waals surface area contributed by atoms with Crippen molar-refractivity contribution in [3.63, 3.8) is 0 Å². The quantitative estimate of drug-likeness (QED) is 0.892. The standard InChI is InChI=1S/C16H24N2O2/c1-19-14-5-3-4-13(16(14)20-2)15(12-6-7-12)18-10-8-17-9-11-18/h3-5,12,15,17H,6-11H2,1-2H3/t15-/m1/s1. The Bertz CT molecular complexity index is 454. The van der Waals surface area contributed by atoms with Gasteiger partial charge < -0.3 is 14.8 Å². The van der Waals surface area contributed by atoms with Gasteiger partial charge in [0.25, 0.3) is 0 Å². The summed E-state index contributed by atoms with van der Waals surface area (Å²) in [6.07, 6.45) is 2.66. The fraction of sp³-hybridized carbons (Fsp3) is 0.625. The Morgan fingerprint density at radius 2 is 1.90 bits per heavy atom. The Labute approximate surface area is 121 Å². The average Bonchev–Trinajstić information content (AvgIpc) is 3.33. The van der Waals surface area contributed by atoms with E-state index in [1.807, 2.05) is 6.07 Å². The summed E-state index contributed by atoms with van der Waals surface area (Å²) >= 11 is 0. The van der Waals surface area contributed by atoms with Crippen molar-refractivity contribution >= 4 is 0 Å². The summed E-state index contributed by atoms with van der Waals surface area (Å²) in [5.74, 6) is 2.52. The van der Waals surface area contributed by atoms with E-state index in [4.69, 9.17) is 9.47 Å². The number of ether oxygens (including phenoxy) is 2.